The Bertz CT molecular complexity index is 878. The minimum Gasteiger partial charge on any atom is -0.287 e. The van der Waals surface area contributed by atoms with E-state index in [0.717, 1.165) is 11.1 Å². The van der Waals surface area contributed by atoms with E-state index < -0.39 is 0 Å². The van der Waals surface area contributed by atoms with E-state index in [2.05, 4.69) is 15.0 Å². The standard InChI is InChI=1S/C16H8ClN3O/c17-9-4-5-10-11(7-9)15(21)14-12(10)8-19-16(20-14)13-3-1-2-6-18-13/h1-8H. The summed E-state index contributed by atoms with van der Waals surface area (Å²) in [6.45, 7) is 0. The van der Waals surface area contributed by atoms with E-state index in [1.165, 1.54) is 0 Å². The van der Waals surface area contributed by atoms with E-state index in [-0.39, 0.29) is 5.78 Å². The van der Waals surface area contributed by atoms with E-state index in [1.807, 2.05) is 24.3 Å². The molecule has 5 heteroatoms. The second-order valence-electron chi connectivity index (χ2n) is 4.69. The van der Waals surface area contributed by atoms with Gasteiger partial charge in [-0.05, 0) is 29.8 Å². The first-order valence-electron chi connectivity index (χ1n) is 6.37. The van der Waals surface area contributed by atoms with Gasteiger partial charge in [0.15, 0.2) is 5.82 Å². The number of carbonyl (C=O) groups is 1. The van der Waals surface area contributed by atoms with Crippen molar-refractivity contribution in [3.63, 3.8) is 0 Å². The van der Waals surface area contributed by atoms with Crippen LogP contribution >= 0.6 is 11.6 Å². The fourth-order valence-electron chi connectivity index (χ4n) is 2.44. The highest BCUT2D eigenvalue weighted by Gasteiger charge is 2.29. The summed E-state index contributed by atoms with van der Waals surface area (Å²) in [7, 11) is 0. The van der Waals surface area contributed by atoms with Gasteiger partial charge in [0.05, 0.1) is 0 Å². The van der Waals surface area contributed by atoms with Gasteiger partial charge in [0.25, 0.3) is 0 Å². The lowest BCUT2D eigenvalue weighted by Crippen LogP contribution is -2.01. The van der Waals surface area contributed by atoms with Crippen molar-refractivity contribution in [2.45, 2.75) is 0 Å². The van der Waals surface area contributed by atoms with Crippen LogP contribution in [-0.4, -0.2) is 20.7 Å². The van der Waals surface area contributed by atoms with Crippen LogP contribution in [0.2, 0.25) is 5.02 Å². The molecule has 100 valence electrons. The second-order valence-corrected chi connectivity index (χ2v) is 5.13. The molecule has 0 saturated heterocycles. The number of hydrogen-bond donors (Lipinski definition) is 0. The van der Waals surface area contributed by atoms with Gasteiger partial charge in [-0.25, -0.2) is 9.97 Å². The van der Waals surface area contributed by atoms with Crippen LogP contribution in [0.3, 0.4) is 0 Å². The maximum atomic E-state index is 12.5. The summed E-state index contributed by atoms with van der Waals surface area (Å²) in [6, 6.07) is 10.7. The van der Waals surface area contributed by atoms with Gasteiger partial charge < -0.3 is 0 Å². The molecule has 0 spiro atoms. The first-order chi connectivity index (χ1) is 10.2. The molecular weight excluding hydrogens is 286 g/mol. The average Bonchev–Trinajstić information content (AvgIpc) is 2.80. The molecule has 0 unspecified atom stereocenters. The molecule has 4 rings (SSSR count). The molecule has 0 N–H and O–H groups in total. The van der Waals surface area contributed by atoms with Gasteiger partial charge in [-0.3, -0.25) is 9.78 Å². The van der Waals surface area contributed by atoms with E-state index in [1.54, 1.807) is 24.5 Å². The SMILES string of the molecule is O=C1c2cc(Cl)ccc2-c2cnc(-c3ccccn3)nc21. The van der Waals surface area contributed by atoms with Crippen LogP contribution in [-0.2, 0) is 0 Å². The van der Waals surface area contributed by atoms with Crippen LogP contribution in [0.15, 0.2) is 48.8 Å². The van der Waals surface area contributed by atoms with Crippen molar-refractivity contribution in [2.24, 2.45) is 0 Å². The van der Waals surface area contributed by atoms with Crippen LogP contribution in [0.1, 0.15) is 16.1 Å². The number of hydrogen-bond acceptors (Lipinski definition) is 4. The normalized spacial score (nSPS) is 12.1. The molecule has 0 saturated carbocycles. The largest absolute Gasteiger partial charge is 0.287 e. The minimum atomic E-state index is -0.123. The van der Waals surface area contributed by atoms with Crippen molar-refractivity contribution < 1.29 is 4.79 Å². The lowest BCUT2D eigenvalue weighted by Gasteiger charge is -2.02. The van der Waals surface area contributed by atoms with E-state index in [0.29, 0.717) is 27.8 Å². The van der Waals surface area contributed by atoms with Gasteiger partial charge >= 0.3 is 0 Å². The van der Waals surface area contributed by atoms with Crippen molar-refractivity contribution in [2.75, 3.05) is 0 Å². The third-order valence-corrected chi connectivity index (χ3v) is 3.65. The molecule has 1 aromatic carbocycles. The topological polar surface area (TPSA) is 55.7 Å². The van der Waals surface area contributed by atoms with Crippen LogP contribution in [0, 0.1) is 0 Å². The molecule has 2 heterocycles. The van der Waals surface area contributed by atoms with Crippen molar-refractivity contribution in [1.29, 1.82) is 0 Å². The van der Waals surface area contributed by atoms with Crippen LogP contribution in [0.25, 0.3) is 22.6 Å². The highest BCUT2D eigenvalue weighted by molar-refractivity contribution is 6.32. The molecule has 0 amide bonds. The Labute approximate surface area is 125 Å². The maximum Gasteiger partial charge on any atom is 0.212 e. The zero-order valence-electron chi connectivity index (χ0n) is 10.7. The molecule has 3 aromatic rings. The quantitative estimate of drug-likeness (QED) is 0.540. The second kappa shape index (κ2) is 4.46. The Hall–Kier alpha value is -2.59. The zero-order valence-corrected chi connectivity index (χ0v) is 11.5. The molecule has 0 radical (unpaired) electrons. The third-order valence-electron chi connectivity index (χ3n) is 3.41. The first kappa shape index (κ1) is 12.2. The number of pyridine rings is 1. The van der Waals surface area contributed by atoms with Gasteiger partial charge in [-0.15, -0.1) is 0 Å². The molecule has 2 aromatic heterocycles. The molecule has 0 aliphatic heterocycles. The highest BCUT2D eigenvalue weighted by atomic mass is 35.5. The molecule has 0 fully saturated rings. The molecule has 1 aliphatic rings. The number of ketones is 1. The molecule has 0 atom stereocenters. The lowest BCUT2D eigenvalue weighted by atomic mass is 10.1. The van der Waals surface area contributed by atoms with Gasteiger partial charge in [-0.1, -0.05) is 23.7 Å². The predicted molar refractivity (Wildman–Crippen MR) is 79.1 cm³/mol. The summed E-state index contributed by atoms with van der Waals surface area (Å²) >= 11 is 5.96. The lowest BCUT2D eigenvalue weighted by molar-refractivity contribution is 0.103. The summed E-state index contributed by atoms with van der Waals surface area (Å²) in [5, 5.41) is 0.535. The fraction of sp³-hybridized carbons (Fsp3) is 0. The minimum absolute atomic E-state index is 0.123. The van der Waals surface area contributed by atoms with Crippen molar-refractivity contribution >= 4 is 17.4 Å². The number of aromatic nitrogens is 3. The van der Waals surface area contributed by atoms with Gasteiger partial charge in [0, 0.05) is 28.5 Å². The van der Waals surface area contributed by atoms with Gasteiger partial charge in [-0.2, -0.15) is 0 Å². The number of nitrogens with zero attached hydrogens (tertiary/aromatic N) is 3. The van der Waals surface area contributed by atoms with E-state index in [4.69, 9.17) is 11.6 Å². The summed E-state index contributed by atoms with van der Waals surface area (Å²) < 4.78 is 0. The Kier molecular flexibility index (Phi) is 2.59. The Balaban J connectivity index is 1.90. The average molecular weight is 294 g/mol. The third kappa shape index (κ3) is 1.84. The smallest absolute Gasteiger partial charge is 0.212 e. The summed E-state index contributed by atoms with van der Waals surface area (Å²) in [5.74, 6) is 0.323. The Morgan fingerprint density at radius 3 is 2.67 bits per heavy atom. The number of rotatable bonds is 1. The molecule has 4 nitrogen and oxygen atoms in total. The van der Waals surface area contributed by atoms with E-state index >= 15 is 0 Å². The Morgan fingerprint density at radius 2 is 1.86 bits per heavy atom. The fourth-order valence-corrected chi connectivity index (χ4v) is 2.61. The van der Waals surface area contributed by atoms with Crippen LogP contribution in [0.4, 0.5) is 0 Å². The number of benzene rings is 1. The molecule has 21 heavy (non-hydrogen) atoms. The maximum absolute atomic E-state index is 12.5. The van der Waals surface area contributed by atoms with Gasteiger partial charge in [0.2, 0.25) is 5.78 Å². The van der Waals surface area contributed by atoms with E-state index in [9.17, 15) is 4.79 Å². The number of fused-ring (bicyclic) bond motifs is 3. The first-order valence-corrected chi connectivity index (χ1v) is 6.75. The molecular formula is C16H8ClN3O. The monoisotopic (exact) mass is 293 g/mol. The van der Waals surface area contributed by atoms with Crippen LogP contribution in [0.5, 0.6) is 0 Å². The number of halogens is 1. The van der Waals surface area contributed by atoms with Crippen molar-refractivity contribution in [3.8, 4) is 22.6 Å². The molecule has 1 aliphatic carbocycles. The Morgan fingerprint density at radius 1 is 0.952 bits per heavy atom. The van der Waals surface area contributed by atoms with Crippen LogP contribution < -0.4 is 0 Å². The van der Waals surface area contributed by atoms with Gasteiger partial charge in [0.1, 0.15) is 11.4 Å². The van der Waals surface area contributed by atoms with Crippen molar-refractivity contribution in [3.05, 3.63) is 65.1 Å². The number of carbonyl (C=O) groups excluding carboxylic acids is 1. The summed E-state index contributed by atoms with van der Waals surface area (Å²) in [6.07, 6.45) is 3.34. The highest BCUT2D eigenvalue weighted by Crippen LogP contribution is 2.36. The molecule has 0 bridgehead atoms. The zero-order chi connectivity index (χ0) is 14.4. The summed E-state index contributed by atoms with van der Waals surface area (Å²) in [5.41, 5.74) is 3.19. The summed E-state index contributed by atoms with van der Waals surface area (Å²) in [4.78, 5) is 25.4. The van der Waals surface area contributed by atoms with Crippen molar-refractivity contribution in [1.82, 2.24) is 15.0 Å². The predicted octanol–water partition coefficient (Wildman–Crippen LogP) is 3.40.